The average molecular weight is 214 g/mol. The van der Waals surface area contributed by atoms with Gasteiger partial charge in [0.2, 0.25) is 0 Å². The summed E-state index contributed by atoms with van der Waals surface area (Å²) < 4.78 is 35.0. The smallest absolute Gasteiger partial charge is 0.392 e. The largest absolute Gasteiger partial charge is 0.405 e. The van der Waals surface area contributed by atoms with E-state index >= 15 is 0 Å². The Hall–Kier alpha value is -0.980. The lowest BCUT2D eigenvalue weighted by Gasteiger charge is -2.19. The Balaban J connectivity index is 3.85. The zero-order valence-electron chi connectivity index (χ0n) is 7.93. The van der Waals surface area contributed by atoms with Gasteiger partial charge < -0.3 is 15.3 Å². The van der Waals surface area contributed by atoms with Crippen molar-refractivity contribution in [3.8, 4) is 0 Å². The molecule has 0 aromatic carbocycles. The van der Waals surface area contributed by atoms with Gasteiger partial charge in [0.25, 0.3) is 0 Å². The number of nitrogens with one attached hydrogen (secondary N) is 1. The second-order valence-corrected chi connectivity index (χ2v) is 3.00. The molecule has 0 aromatic heterocycles. The Bertz CT molecular complexity index is 194. The molecule has 0 saturated carbocycles. The van der Waals surface area contributed by atoms with Crippen LogP contribution in [-0.4, -0.2) is 48.5 Å². The highest BCUT2D eigenvalue weighted by molar-refractivity contribution is 5.73. The molecule has 0 fully saturated rings. The molecule has 2 amide bonds. The molecule has 2 N–H and O–H groups in total. The second-order valence-electron chi connectivity index (χ2n) is 3.00. The molecule has 0 bridgehead atoms. The number of hydrogen-bond acceptors (Lipinski definition) is 2. The Morgan fingerprint density at radius 1 is 1.57 bits per heavy atom. The monoisotopic (exact) mass is 214 g/mol. The Morgan fingerprint density at radius 2 is 2.07 bits per heavy atom. The number of halogens is 3. The van der Waals surface area contributed by atoms with Crippen molar-refractivity contribution in [3.63, 3.8) is 0 Å². The predicted octanol–water partition coefficient (Wildman–Crippen LogP) is 0.571. The summed E-state index contributed by atoms with van der Waals surface area (Å²) >= 11 is 0. The number of hydrogen-bond donors (Lipinski definition) is 2. The fourth-order valence-corrected chi connectivity index (χ4v) is 0.790. The molecule has 7 heteroatoms. The minimum atomic E-state index is -4.42. The first-order chi connectivity index (χ1) is 6.22. The first-order valence-electron chi connectivity index (χ1n) is 3.96. The number of carbonyl (C=O) groups is 1. The average Bonchev–Trinajstić information content (AvgIpc) is 1.97. The molecule has 0 spiro atoms. The highest BCUT2D eigenvalue weighted by Crippen LogP contribution is 2.12. The van der Waals surface area contributed by atoms with Gasteiger partial charge in [-0.2, -0.15) is 13.2 Å². The molecular formula is C7H13F3N2O2. The van der Waals surface area contributed by atoms with Crippen LogP contribution in [-0.2, 0) is 0 Å². The van der Waals surface area contributed by atoms with Gasteiger partial charge in [0.05, 0.1) is 6.10 Å². The lowest BCUT2D eigenvalue weighted by Crippen LogP contribution is -2.44. The normalized spacial score (nSPS) is 13.6. The van der Waals surface area contributed by atoms with Crippen LogP contribution in [0.5, 0.6) is 0 Å². The van der Waals surface area contributed by atoms with Crippen LogP contribution in [0.1, 0.15) is 6.92 Å². The maximum absolute atomic E-state index is 11.7. The second kappa shape index (κ2) is 5.04. The van der Waals surface area contributed by atoms with Gasteiger partial charge in [0.15, 0.2) is 0 Å². The summed E-state index contributed by atoms with van der Waals surface area (Å²) in [6.07, 6.45) is -5.18. The molecule has 0 saturated heterocycles. The Labute approximate surface area is 79.7 Å². The highest BCUT2D eigenvalue weighted by Gasteiger charge is 2.28. The number of aliphatic hydroxyl groups excluding tert-OH is 1. The van der Waals surface area contributed by atoms with Gasteiger partial charge in [0.1, 0.15) is 6.54 Å². The van der Waals surface area contributed by atoms with Crippen molar-refractivity contribution in [2.75, 3.05) is 20.1 Å². The van der Waals surface area contributed by atoms with Crippen molar-refractivity contribution >= 4 is 6.03 Å². The summed E-state index contributed by atoms with van der Waals surface area (Å²) in [5, 5.41) is 10.5. The van der Waals surface area contributed by atoms with Crippen LogP contribution >= 0.6 is 0 Å². The minimum absolute atomic E-state index is 0.0102. The van der Waals surface area contributed by atoms with Gasteiger partial charge in [-0.05, 0) is 6.92 Å². The molecule has 0 aliphatic heterocycles. The Morgan fingerprint density at radius 3 is 2.43 bits per heavy atom. The summed E-state index contributed by atoms with van der Waals surface area (Å²) in [5.74, 6) is 0. The molecule has 0 aliphatic carbocycles. The SMILES string of the molecule is CC(O)CN(C)C(=O)NCC(F)(F)F. The van der Waals surface area contributed by atoms with Crippen LogP contribution in [0.4, 0.5) is 18.0 Å². The number of rotatable bonds is 3. The molecule has 14 heavy (non-hydrogen) atoms. The van der Waals surface area contributed by atoms with Gasteiger partial charge >= 0.3 is 12.2 Å². The van der Waals surface area contributed by atoms with E-state index in [1.54, 1.807) is 5.32 Å². The van der Waals surface area contributed by atoms with E-state index in [1.807, 2.05) is 0 Å². The molecular weight excluding hydrogens is 201 g/mol. The molecule has 4 nitrogen and oxygen atoms in total. The number of amides is 2. The van der Waals surface area contributed by atoms with Gasteiger partial charge in [-0.3, -0.25) is 0 Å². The molecule has 84 valence electrons. The van der Waals surface area contributed by atoms with E-state index in [0.29, 0.717) is 0 Å². The first-order valence-corrected chi connectivity index (χ1v) is 3.96. The van der Waals surface area contributed by atoms with E-state index in [4.69, 9.17) is 5.11 Å². The first kappa shape index (κ1) is 13.0. The zero-order chi connectivity index (χ0) is 11.4. The number of aliphatic hydroxyl groups is 1. The minimum Gasteiger partial charge on any atom is -0.392 e. The van der Waals surface area contributed by atoms with Crippen molar-refractivity contribution in [2.24, 2.45) is 0 Å². The third-order valence-electron chi connectivity index (χ3n) is 1.32. The van der Waals surface area contributed by atoms with Crippen molar-refractivity contribution in [2.45, 2.75) is 19.2 Å². The van der Waals surface area contributed by atoms with Gasteiger partial charge in [-0.15, -0.1) is 0 Å². The summed E-state index contributed by atoms with van der Waals surface area (Å²) in [5.41, 5.74) is 0. The lowest BCUT2D eigenvalue weighted by molar-refractivity contribution is -0.123. The summed E-state index contributed by atoms with van der Waals surface area (Å²) in [7, 11) is 1.30. The topological polar surface area (TPSA) is 52.6 Å². The number of likely N-dealkylation sites (N-methyl/N-ethyl adjacent to an activating group) is 1. The molecule has 0 aromatic rings. The number of urea groups is 1. The van der Waals surface area contributed by atoms with Crippen molar-refractivity contribution in [1.82, 2.24) is 10.2 Å². The van der Waals surface area contributed by atoms with Gasteiger partial charge in [-0.25, -0.2) is 4.79 Å². The molecule has 0 rings (SSSR count). The van der Waals surface area contributed by atoms with E-state index in [1.165, 1.54) is 14.0 Å². The van der Waals surface area contributed by atoms with Crippen molar-refractivity contribution in [3.05, 3.63) is 0 Å². The molecule has 1 atom stereocenters. The maximum Gasteiger partial charge on any atom is 0.405 e. The van der Waals surface area contributed by atoms with Gasteiger partial charge in [0, 0.05) is 13.6 Å². The van der Waals surface area contributed by atoms with E-state index in [0.717, 1.165) is 4.90 Å². The quantitative estimate of drug-likeness (QED) is 0.721. The molecule has 0 aliphatic rings. The van der Waals surface area contributed by atoms with E-state index in [2.05, 4.69) is 0 Å². The zero-order valence-corrected chi connectivity index (χ0v) is 7.93. The predicted molar refractivity (Wildman–Crippen MR) is 43.8 cm³/mol. The van der Waals surface area contributed by atoms with Crippen LogP contribution in [0.15, 0.2) is 0 Å². The summed E-state index contributed by atoms with van der Waals surface area (Å²) in [6, 6.07) is -0.858. The van der Waals surface area contributed by atoms with Crippen LogP contribution in [0, 0.1) is 0 Å². The fraction of sp³-hybridized carbons (Fsp3) is 0.857. The standard InChI is InChI=1S/C7H13F3N2O2/c1-5(13)3-12(2)6(14)11-4-7(8,9)10/h5,13H,3-4H2,1-2H3,(H,11,14). The highest BCUT2D eigenvalue weighted by atomic mass is 19.4. The number of nitrogens with zero attached hydrogens (tertiary/aromatic N) is 1. The third-order valence-corrected chi connectivity index (χ3v) is 1.32. The number of alkyl halides is 3. The lowest BCUT2D eigenvalue weighted by atomic mass is 10.4. The van der Waals surface area contributed by atoms with E-state index in [9.17, 15) is 18.0 Å². The summed E-state index contributed by atoms with van der Waals surface area (Å²) in [6.45, 7) is 0.0627. The van der Waals surface area contributed by atoms with E-state index in [-0.39, 0.29) is 6.54 Å². The maximum atomic E-state index is 11.7. The fourth-order valence-electron chi connectivity index (χ4n) is 0.790. The van der Waals surface area contributed by atoms with Crippen molar-refractivity contribution in [1.29, 1.82) is 0 Å². The molecule has 1 unspecified atom stereocenters. The number of carbonyl (C=O) groups excluding carboxylic acids is 1. The van der Waals surface area contributed by atoms with E-state index < -0.39 is 24.9 Å². The summed E-state index contributed by atoms with van der Waals surface area (Å²) in [4.78, 5) is 11.9. The van der Waals surface area contributed by atoms with Crippen molar-refractivity contribution < 1.29 is 23.1 Å². The van der Waals surface area contributed by atoms with Crippen LogP contribution in [0.25, 0.3) is 0 Å². The Kier molecular flexibility index (Phi) is 4.69. The molecule has 0 heterocycles. The van der Waals surface area contributed by atoms with Crippen LogP contribution < -0.4 is 5.32 Å². The van der Waals surface area contributed by atoms with Gasteiger partial charge in [-0.1, -0.05) is 0 Å². The van der Waals surface area contributed by atoms with Crippen LogP contribution in [0.3, 0.4) is 0 Å². The third kappa shape index (κ3) is 6.53. The van der Waals surface area contributed by atoms with Crippen LogP contribution in [0.2, 0.25) is 0 Å². The molecule has 0 radical (unpaired) electrons.